The number of ether oxygens (including phenoxy) is 4. The van der Waals surface area contributed by atoms with Crippen LogP contribution >= 0.6 is 23.2 Å². The second-order valence-electron chi connectivity index (χ2n) is 9.20. The Labute approximate surface area is 244 Å². The zero-order chi connectivity index (χ0) is 28.9. The first-order chi connectivity index (χ1) is 19.2. The molecule has 0 heterocycles. The van der Waals surface area contributed by atoms with Crippen LogP contribution in [0.3, 0.4) is 0 Å². The maximum Gasteiger partial charge on any atom is 0.338 e. The summed E-state index contributed by atoms with van der Waals surface area (Å²) in [5, 5.41) is 4.99. The number of hydrogen-bond acceptors (Lipinski definition) is 7. The van der Waals surface area contributed by atoms with E-state index in [4.69, 9.17) is 42.1 Å². The molecule has 212 valence electrons. The van der Waals surface area contributed by atoms with Crippen LogP contribution in [0.4, 0.5) is 0 Å². The molecule has 3 aromatic rings. The van der Waals surface area contributed by atoms with Crippen LogP contribution in [0.5, 0.6) is 17.2 Å². The molecule has 1 amide bonds. The second kappa shape index (κ2) is 15.7. The Morgan fingerprint density at radius 1 is 0.975 bits per heavy atom. The van der Waals surface area contributed by atoms with Gasteiger partial charge in [-0.25, -0.2) is 10.2 Å². The van der Waals surface area contributed by atoms with Crippen LogP contribution in [-0.2, 0) is 16.1 Å². The maximum atomic E-state index is 12.1. The Balaban J connectivity index is 1.47. The van der Waals surface area contributed by atoms with Crippen LogP contribution in [-0.4, -0.2) is 38.4 Å². The van der Waals surface area contributed by atoms with Crippen molar-refractivity contribution in [1.82, 2.24) is 5.43 Å². The van der Waals surface area contributed by atoms with Crippen LogP contribution in [0.25, 0.3) is 0 Å². The van der Waals surface area contributed by atoms with Crippen molar-refractivity contribution < 1.29 is 28.5 Å². The van der Waals surface area contributed by atoms with E-state index in [1.165, 1.54) is 0 Å². The molecule has 0 unspecified atom stereocenters. The Kier molecular flexibility index (Phi) is 12.1. The first-order valence-electron chi connectivity index (χ1n) is 12.7. The number of nitrogens with one attached hydrogen (secondary N) is 1. The predicted molar refractivity (Wildman–Crippen MR) is 156 cm³/mol. The van der Waals surface area contributed by atoms with Gasteiger partial charge in [0, 0.05) is 17.0 Å². The summed E-state index contributed by atoms with van der Waals surface area (Å²) in [6.07, 6.45) is 2.27. The Morgan fingerprint density at radius 3 is 2.42 bits per heavy atom. The summed E-state index contributed by atoms with van der Waals surface area (Å²) in [7, 11) is 1.58. The summed E-state index contributed by atoms with van der Waals surface area (Å²) in [4.78, 5) is 24.2. The van der Waals surface area contributed by atoms with E-state index in [0.29, 0.717) is 52.5 Å². The molecule has 3 aromatic carbocycles. The van der Waals surface area contributed by atoms with Gasteiger partial charge in [0.2, 0.25) is 5.91 Å². The average molecular weight is 588 g/mol. The summed E-state index contributed by atoms with van der Waals surface area (Å²) in [5.74, 6) is 1.42. The lowest BCUT2D eigenvalue weighted by molar-refractivity contribution is -0.121. The predicted octanol–water partition coefficient (Wildman–Crippen LogP) is 6.70. The van der Waals surface area contributed by atoms with Gasteiger partial charge >= 0.3 is 5.97 Å². The number of amides is 1. The second-order valence-corrected chi connectivity index (χ2v) is 10.0. The molecular formula is C30H32Cl2N2O6. The van der Waals surface area contributed by atoms with Gasteiger partial charge < -0.3 is 18.9 Å². The number of hydrogen-bond donors (Lipinski definition) is 1. The van der Waals surface area contributed by atoms with Crippen LogP contribution < -0.4 is 19.6 Å². The minimum absolute atomic E-state index is 0.228. The van der Waals surface area contributed by atoms with Crippen molar-refractivity contribution in [2.75, 3.05) is 20.3 Å². The van der Waals surface area contributed by atoms with Crippen molar-refractivity contribution in [3.05, 3.63) is 87.4 Å². The van der Waals surface area contributed by atoms with E-state index in [2.05, 4.69) is 10.5 Å². The summed E-state index contributed by atoms with van der Waals surface area (Å²) >= 11 is 11.9. The first kappa shape index (κ1) is 30.8. The van der Waals surface area contributed by atoms with Gasteiger partial charge in [-0.2, -0.15) is 5.10 Å². The molecule has 0 spiro atoms. The molecule has 0 aliphatic carbocycles. The van der Waals surface area contributed by atoms with E-state index in [-0.39, 0.29) is 30.8 Å². The third kappa shape index (κ3) is 10.1. The highest BCUT2D eigenvalue weighted by molar-refractivity contribution is 6.35. The van der Waals surface area contributed by atoms with Crippen molar-refractivity contribution in [2.24, 2.45) is 11.0 Å². The third-order valence-corrected chi connectivity index (χ3v) is 5.97. The summed E-state index contributed by atoms with van der Waals surface area (Å²) in [6.45, 7) is 4.89. The number of halogens is 2. The van der Waals surface area contributed by atoms with E-state index in [1.54, 1.807) is 61.9 Å². The summed E-state index contributed by atoms with van der Waals surface area (Å²) in [6, 6.07) is 17.2. The Morgan fingerprint density at radius 2 is 1.73 bits per heavy atom. The largest absolute Gasteiger partial charge is 0.496 e. The molecule has 0 saturated carbocycles. The Bertz CT molecular complexity index is 1310. The lowest BCUT2D eigenvalue weighted by atomic mass is 10.1. The van der Waals surface area contributed by atoms with Gasteiger partial charge in [0.25, 0.3) is 0 Å². The monoisotopic (exact) mass is 586 g/mol. The highest BCUT2D eigenvalue weighted by Gasteiger charge is 2.10. The van der Waals surface area contributed by atoms with Gasteiger partial charge in [0.15, 0.2) is 0 Å². The number of hydrazone groups is 1. The minimum atomic E-state index is -0.364. The zero-order valence-corrected chi connectivity index (χ0v) is 24.1. The van der Waals surface area contributed by atoms with Crippen LogP contribution in [0.2, 0.25) is 10.0 Å². The third-order valence-electron chi connectivity index (χ3n) is 5.44. The molecule has 8 nitrogen and oxygen atoms in total. The van der Waals surface area contributed by atoms with Gasteiger partial charge in [-0.15, -0.1) is 0 Å². The first-order valence-corrected chi connectivity index (χ1v) is 13.5. The Hall–Kier alpha value is -3.75. The van der Waals surface area contributed by atoms with E-state index in [9.17, 15) is 9.59 Å². The number of carbonyl (C=O) groups excluding carboxylic acids is 2. The number of nitrogens with zero attached hydrogens (tertiary/aromatic N) is 1. The topological polar surface area (TPSA) is 95.5 Å². The normalized spacial score (nSPS) is 10.9. The molecular weight excluding hydrogens is 555 g/mol. The van der Waals surface area contributed by atoms with Crippen molar-refractivity contribution in [3.8, 4) is 17.2 Å². The highest BCUT2D eigenvalue weighted by atomic mass is 35.5. The molecule has 0 aliphatic rings. The quantitative estimate of drug-likeness (QED) is 0.0976. The van der Waals surface area contributed by atoms with Crippen LogP contribution in [0.1, 0.15) is 48.2 Å². The van der Waals surface area contributed by atoms with Gasteiger partial charge in [0.05, 0.1) is 37.1 Å². The van der Waals surface area contributed by atoms with Gasteiger partial charge in [-0.3, -0.25) is 4.79 Å². The van der Waals surface area contributed by atoms with Crippen molar-refractivity contribution in [3.63, 3.8) is 0 Å². The van der Waals surface area contributed by atoms with Crippen molar-refractivity contribution in [2.45, 2.75) is 33.3 Å². The highest BCUT2D eigenvalue weighted by Crippen LogP contribution is 2.27. The van der Waals surface area contributed by atoms with Gasteiger partial charge in [-0.1, -0.05) is 37.0 Å². The number of esters is 1. The molecule has 0 aromatic heterocycles. The van der Waals surface area contributed by atoms with E-state index < -0.39 is 0 Å². The fourth-order valence-corrected chi connectivity index (χ4v) is 3.87. The molecule has 0 saturated heterocycles. The standard InChI is InChI=1S/C30H32Cl2N2O6/c1-20(2)18-40-30(36)22-7-10-25(11-8-22)39-19-23-15-21(6-12-27(23)37-3)17-33-34-29(35)5-4-14-38-28-13-9-24(31)16-26(28)32/h6-13,15-17,20H,4-5,14,18-19H2,1-3H3,(H,34,35)/b33-17+. The van der Waals surface area contributed by atoms with Crippen molar-refractivity contribution >= 4 is 41.3 Å². The molecule has 1 N–H and O–H groups in total. The molecule has 0 atom stereocenters. The van der Waals surface area contributed by atoms with E-state index in [1.807, 2.05) is 26.0 Å². The fraction of sp³-hybridized carbons (Fsp3) is 0.300. The smallest absolute Gasteiger partial charge is 0.338 e. The fourth-order valence-electron chi connectivity index (χ4n) is 3.41. The lowest BCUT2D eigenvalue weighted by Gasteiger charge is -2.12. The molecule has 0 fully saturated rings. The molecule has 0 bridgehead atoms. The summed E-state index contributed by atoms with van der Waals surface area (Å²) in [5.41, 5.74) is 4.52. The summed E-state index contributed by atoms with van der Waals surface area (Å²) < 4.78 is 22.2. The number of benzene rings is 3. The minimum Gasteiger partial charge on any atom is -0.496 e. The number of carbonyl (C=O) groups is 2. The zero-order valence-electron chi connectivity index (χ0n) is 22.6. The van der Waals surface area contributed by atoms with Crippen molar-refractivity contribution in [1.29, 1.82) is 0 Å². The maximum absolute atomic E-state index is 12.1. The number of rotatable bonds is 14. The molecule has 0 radical (unpaired) electrons. The number of methoxy groups -OCH3 is 1. The van der Waals surface area contributed by atoms with E-state index >= 15 is 0 Å². The lowest BCUT2D eigenvalue weighted by Crippen LogP contribution is -2.18. The molecule has 40 heavy (non-hydrogen) atoms. The molecule has 3 rings (SSSR count). The van der Waals surface area contributed by atoms with Gasteiger partial charge in [-0.05, 0) is 78.6 Å². The van der Waals surface area contributed by atoms with Gasteiger partial charge in [0.1, 0.15) is 23.9 Å². The average Bonchev–Trinajstić information content (AvgIpc) is 2.94. The molecule has 0 aliphatic heterocycles. The van der Waals surface area contributed by atoms with Crippen LogP contribution in [0.15, 0.2) is 65.8 Å². The van der Waals surface area contributed by atoms with E-state index in [0.717, 1.165) is 11.1 Å². The van der Waals surface area contributed by atoms with Crippen LogP contribution in [0, 0.1) is 5.92 Å². The SMILES string of the molecule is COc1ccc(/C=N/NC(=O)CCCOc2ccc(Cl)cc2Cl)cc1COc1ccc(C(=O)OCC(C)C)cc1. The molecule has 10 heteroatoms.